The van der Waals surface area contributed by atoms with Crippen molar-refractivity contribution in [2.45, 2.75) is 19.8 Å². The summed E-state index contributed by atoms with van der Waals surface area (Å²) in [5.74, 6) is -0.179. The van der Waals surface area contributed by atoms with Crippen LogP contribution < -0.4 is 0 Å². The van der Waals surface area contributed by atoms with Crippen molar-refractivity contribution in [3.8, 4) is 11.4 Å². The van der Waals surface area contributed by atoms with E-state index in [1.807, 2.05) is 31.2 Å². The Morgan fingerprint density at radius 1 is 1.50 bits per heavy atom. The quantitative estimate of drug-likeness (QED) is 0.892. The fraction of sp³-hybridized carbons (Fsp3) is 0.231. The summed E-state index contributed by atoms with van der Waals surface area (Å²) in [6.07, 6.45) is 0.391. The Morgan fingerprint density at radius 2 is 2.28 bits per heavy atom. The van der Waals surface area contributed by atoms with E-state index in [0.29, 0.717) is 23.1 Å². The fourth-order valence-electron chi connectivity index (χ4n) is 1.71. The molecule has 2 rings (SSSR count). The molecule has 0 radical (unpaired) electrons. The van der Waals surface area contributed by atoms with Crippen LogP contribution in [-0.4, -0.2) is 21.0 Å². The topological polar surface area (TPSA) is 66.0 Å². The lowest BCUT2D eigenvalue weighted by molar-refractivity contribution is -0.136. The molecular formula is C13H13ClN2O2. The summed E-state index contributed by atoms with van der Waals surface area (Å²) in [6.45, 7) is 2.00. The molecule has 0 aliphatic rings. The number of H-pyrrole nitrogens is 1. The average Bonchev–Trinajstić information content (AvgIpc) is 2.68. The average molecular weight is 265 g/mol. The highest BCUT2D eigenvalue weighted by Gasteiger charge is 2.11. The zero-order chi connectivity index (χ0) is 13.1. The Morgan fingerprint density at radius 3 is 2.94 bits per heavy atom. The number of aromatic amines is 1. The molecule has 0 aliphatic heterocycles. The Kier molecular flexibility index (Phi) is 3.67. The van der Waals surface area contributed by atoms with Crippen LogP contribution in [0.5, 0.6) is 0 Å². The second-order valence-electron chi connectivity index (χ2n) is 4.12. The van der Waals surface area contributed by atoms with Crippen molar-refractivity contribution < 1.29 is 9.90 Å². The summed E-state index contributed by atoms with van der Waals surface area (Å²) in [7, 11) is 0. The summed E-state index contributed by atoms with van der Waals surface area (Å²) in [5, 5.41) is 8.99. The number of nitrogens with one attached hydrogen (secondary N) is 1. The van der Waals surface area contributed by atoms with Crippen LogP contribution in [0, 0.1) is 6.92 Å². The van der Waals surface area contributed by atoms with Gasteiger partial charge in [0.15, 0.2) is 5.15 Å². The fourth-order valence-corrected chi connectivity index (χ4v) is 1.94. The van der Waals surface area contributed by atoms with Crippen LogP contribution in [0.1, 0.15) is 17.7 Å². The zero-order valence-electron chi connectivity index (χ0n) is 9.90. The van der Waals surface area contributed by atoms with Gasteiger partial charge in [0.05, 0.1) is 12.1 Å². The maximum Gasteiger partial charge on any atom is 0.303 e. The monoisotopic (exact) mass is 264 g/mol. The number of benzene rings is 1. The molecule has 0 unspecified atom stereocenters. The number of hydrogen-bond donors (Lipinski definition) is 2. The van der Waals surface area contributed by atoms with Crippen molar-refractivity contribution in [3.05, 3.63) is 40.7 Å². The molecule has 1 heterocycles. The van der Waals surface area contributed by atoms with Crippen LogP contribution >= 0.6 is 11.6 Å². The Hall–Kier alpha value is -1.81. The molecule has 0 spiro atoms. The number of aliphatic carboxylic acids is 1. The third-order valence-electron chi connectivity index (χ3n) is 2.61. The van der Waals surface area contributed by atoms with Gasteiger partial charge in [-0.1, -0.05) is 35.4 Å². The summed E-state index contributed by atoms with van der Waals surface area (Å²) in [6, 6.07) is 7.87. The van der Waals surface area contributed by atoms with Crippen molar-refractivity contribution >= 4 is 17.6 Å². The van der Waals surface area contributed by atoms with E-state index in [9.17, 15) is 4.79 Å². The molecule has 2 N–H and O–H groups in total. The number of hydrogen-bond acceptors (Lipinski definition) is 2. The molecule has 0 aliphatic carbocycles. The number of carboxylic acids is 1. The number of carbonyl (C=O) groups is 1. The van der Waals surface area contributed by atoms with Gasteiger partial charge >= 0.3 is 5.97 Å². The Bertz CT molecular complexity index is 578. The van der Waals surface area contributed by atoms with Gasteiger partial charge in [0.25, 0.3) is 0 Å². The first-order chi connectivity index (χ1) is 8.56. The molecule has 1 aromatic heterocycles. The van der Waals surface area contributed by atoms with E-state index in [4.69, 9.17) is 16.7 Å². The number of carboxylic acid groups (broad SMARTS) is 1. The zero-order valence-corrected chi connectivity index (χ0v) is 10.7. The molecule has 0 atom stereocenters. The van der Waals surface area contributed by atoms with E-state index in [1.54, 1.807) is 0 Å². The van der Waals surface area contributed by atoms with Gasteiger partial charge in [0.2, 0.25) is 0 Å². The lowest BCUT2D eigenvalue weighted by atomic mass is 10.1. The molecule has 0 saturated heterocycles. The number of aryl methyl sites for hydroxylation is 2. The molecule has 0 amide bonds. The Balaban J connectivity index is 2.25. The highest BCUT2D eigenvalue weighted by Crippen LogP contribution is 2.22. The van der Waals surface area contributed by atoms with Crippen molar-refractivity contribution in [2.75, 3.05) is 0 Å². The van der Waals surface area contributed by atoms with Gasteiger partial charge in [-0.2, -0.15) is 0 Å². The smallest absolute Gasteiger partial charge is 0.303 e. The van der Waals surface area contributed by atoms with E-state index in [2.05, 4.69) is 9.97 Å². The van der Waals surface area contributed by atoms with Crippen LogP contribution in [-0.2, 0) is 11.2 Å². The number of aromatic nitrogens is 2. The maximum absolute atomic E-state index is 10.5. The van der Waals surface area contributed by atoms with E-state index < -0.39 is 5.97 Å². The highest BCUT2D eigenvalue weighted by atomic mass is 35.5. The molecule has 5 heteroatoms. The first-order valence-corrected chi connectivity index (χ1v) is 5.97. The first-order valence-electron chi connectivity index (χ1n) is 5.59. The summed E-state index contributed by atoms with van der Waals surface area (Å²) in [5.41, 5.74) is 2.74. The largest absolute Gasteiger partial charge is 0.481 e. The second kappa shape index (κ2) is 5.23. The molecule has 4 nitrogen and oxygen atoms in total. The normalized spacial score (nSPS) is 10.6. The summed E-state index contributed by atoms with van der Waals surface area (Å²) >= 11 is 5.98. The van der Waals surface area contributed by atoms with Gasteiger partial charge in [-0.05, 0) is 13.0 Å². The minimum Gasteiger partial charge on any atom is -0.481 e. The van der Waals surface area contributed by atoms with Gasteiger partial charge in [0, 0.05) is 12.0 Å². The third kappa shape index (κ3) is 2.90. The predicted molar refractivity (Wildman–Crippen MR) is 69.7 cm³/mol. The Labute approximate surface area is 110 Å². The van der Waals surface area contributed by atoms with E-state index >= 15 is 0 Å². The maximum atomic E-state index is 10.5. The minimum absolute atomic E-state index is 0.0369. The van der Waals surface area contributed by atoms with E-state index in [1.165, 1.54) is 0 Å². The van der Waals surface area contributed by atoms with Gasteiger partial charge < -0.3 is 10.1 Å². The van der Waals surface area contributed by atoms with Crippen molar-refractivity contribution in [2.24, 2.45) is 0 Å². The summed E-state index contributed by atoms with van der Waals surface area (Å²) in [4.78, 5) is 17.8. The molecule has 0 fully saturated rings. The van der Waals surface area contributed by atoms with Gasteiger partial charge in [-0.15, -0.1) is 0 Å². The van der Waals surface area contributed by atoms with E-state index in [-0.39, 0.29) is 6.42 Å². The molecule has 18 heavy (non-hydrogen) atoms. The van der Waals surface area contributed by atoms with Gasteiger partial charge in [-0.3, -0.25) is 4.79 Å². The highest BCUT2D eigenvalue weighted by molar-refractivity contribution is 6.30. The number of nitrogens with zero attached hydrogens (tertiary/aromatic N) is 1. The van der Waals surface area contributed by atoms with E-state index in [0.717, 1.165) is 11.1 Å². The third-order valence-corrected chi connectivity index (χ3v) is 2.92. The SMILES string of the molecule is Cc1cccc(-c2nc(Cl)c(CCC(=O)O)[nH]2)c1. The van der Waals surface area contributed by atoms with Crippen molar-refractivity contribution in [1.29, 1.82) is 0 Å². The number of halogens is 1. The second-order valence-corrected chi connectivity index (χ2v) is 4.48. The molecule has 1 aromatic carbocycles. The molecule has 0 bridgehead atoms. The van der Waals surface area contributed by atoms with Gasteiger partial charge in [-0.25, -0.2) is 4.98 Å². The van der Waals surface area contributed by atoms with Crippen LogP contribution in [0.2, 0.25) is 5.15 Å². The molecule has 2 aromatic rings. The van der Waals surface area contributed by atoms with Crippen molar-refractivity contribution in [3.63, 3.8) is 0 Å². The number of imidazole rings is 1. The van der Waals surface area contributed by atoms with Crippen molar-refractivity contribution in [1.82, 2.24) is 9.97 Å². The standard InChI is InChI=1S/C13H13ClN2O2/c1-8-3-2-4-9(7-8)13-15-10(12(14)16-13)5-6-11(17)18/h2-4,7H,5-6H2,1H3,(H,15,16)(H,17,18). The summed E-state index contributed by atoms with van der Waals surface area (Å²) < 4.78 is 0. The molecule has 94 valence electrons. The van der Waals surface area contributed by atoms with Crippen LogP contribution in [0.25, 0.3) is 11.4 Å². The lowest BCUT2D eigenvalue weighted by Gasteiger charge is -1.98. The minimum atomic E-state index is -0.849. The van der Waals surface area contributed by atoms with Crippen LogP contribution in [0.4, 0.5) is 0 Å². The molecular weight excluding hydrogens is 252 g/mol. The first kappa shape index (κ1) is 12.6. The van der Waals surface area contributed by atoms with Crippen LogP contribution in [0.3, 0.4) is 0 Å². The number of rotatable bonds is 4. The van der Waals surface area contributed by atoms with Gasteiger partial charge in [0.1, 0.15) is 5.82 Å². The molecule has 0 saturated carbocycles. The predicted octanol–water partition coefficient (Wildman–Crippen LogP) is 3.06. The lowest BCUT2D eigenvalue weighted by Crippen LogP contribution is -1.98. The van der Waals surface area contributed by atoms with Crippen LogP contribution in [0.15, 0.2) is 24.3 Å².